The lowest BCUT2D eigenvalue weighted by molar-refractivity contribution is 0.0528. The Morgan fingerprint density at radius 2 is 2.16 bits per heavy atom. The normalized spacial score (nSPS) is 10.9. The molecule has 0 saturated carbocycles. The number of aldehydes is 1. The second kappa shape index (κ2) is 6.26. The summed E-state index contributed by atoms with van der Waals surface area (Å²) < 4.78 is 18.1. The first-order chi connectivity index (χ1) is 8.80. The Labute approximate surface area is 111 Å². The molecule has 0 spiro atoms. The summed E-state index contributed by atoms with van der Waals surface area (Å²) in [6.07, 6.45) is 0.326. The molecule has 0 aliphatic heterocycles. The maximum absolute atomic E-state index is 13.0. The van der Waals surface area contributed by atoms with Crippen molar-refractivity contribution in [3.05, 3.63) is 29.3 Å². The number of carbonyl (C=O) groups is 2. The number of hydrogen-bond donors (Lipinski definition) is 1. The number of halogens is 1. The summed E-state index contributed by atoms with van der Waals surface area (Å²) in [5.41, 5.74) is 0.0595. The molecule has 0 aliphatic carbocycles. The summed E-state index contributed by atoms with van der Waals surface area (Å²) in [5.74, 6) is -0.711. The van der Waals surface area contributed by atoms with E-state index >= 15 is 0 Å². The van der Waals surface area contributed by atoms with Crippen LogP contribution in [0, 0.1) is 5.95 Å². The van der Waals surface area contributed by atoms with E-state index in [0.717, 1.165) is 6.07 Å². The summed E-state index contributed by atoms with van der Waals surface area (Å²) in [6.45, 7) is 5.54. The molecule has 0 fully saturated rings. The fourth-order valence-corrected chi connectivity index (χ4v) is 1.38. The van der Waals surface area contributed by atoms with E-state index in [4.69, 9.17) is 4.74 Å². The van der Waals surface area contributed by atoms with Gasteiger partial charge in [-0.3, -0.25) is 4.79 Å². The molecule has 1 aromatic heterocycles. The van der Waals surface area contributed by atoms with Gasteiger partial charge in [-0.05, 0) is 26.8 Å². The lowest BCUT2D eigenvalue weighted by Crippen LogP contribution is -2.33. The Balaban J connectivity index is 2.47. The van der Waals surface area contributed by atoms with Gasteiger partial charge in [0.25, 0.3) is 0 Å². The van der Waals surface area contributed by atoms with Gasteiger partial charge in [0.15, 0.2) is 0 Å². The Bertz CT molecular complexity index is 469. The van der Waals surface area contributed by atoms with Crippen LogP contribution in [-0.4, -0.2) is 29.5 Å². The molecule has 0 radical (unpaired) electrons. The van der Waals surface area contributed by atoms with Crippen molar-refractivity contribution in [1.29, 1.82) is 0 Å². The van der Waals surface area contributed by atoms with Gasteiger partial charge < -0.3 is 10.1 Å². The molecular weight excluding hydrogens is 251 g/mol. The lowest BCUT2D eigenvalue weighted by Gasteiger charge is -2.19. The van der Waals surface area contributed by atoms with Gasteiger partial charge in [0.1, 0.15) is 11.9 Å². The smallest absolute Gasteiger partial charge is 0.407 e. The first kappa shape index (κ1) is 15.1. The number of nitrogens with zero attached hydrogens (tertiary/aromatic N) is 1. The minimum absolute atomic E-state index is 0.222. The van der Waals surface area contributed by atoms with E-state index in [9.17, 15) is 14.0 Å². The SMILES string of the molecule is CC(C)(C)OC(=O)NCCc1cc(C=O)cc(F)n1. The third kappa shape index (κ3) is 5.94. The highest BCUT2D eigenvalue weighted by Gasteiger charge is 2.15. The maximum Gasteiger partial charge on any atom is 0.407 e. The first-order valence-corrected chi connectivity index (χ1v) is 5.88. The standard InChI is InChI=1S/C13H17FN2O3/c1-13(2,3)19-12(18)15-5-4-10-6-9(8-17)7-11(14)16-10/h6-8H,4-5H2,1-3H3,(H,15,18). The number of carbonyl (C=O) groups excluding carboxylic acids is 2. The summed E-state index contributed by atoms with van der Waals surface area (Å²) in [7, 11) is 0. The van der Waals surface area contributed by atoms with Gasteiger partial charge in [-0.25, -0.2) is 9.78 Å². The van der Waals surface area contributed by atoms with Crippen molar-refractivity contribution < 1.29 is 18.7 Å². The number of alkyl carbamates (subject to hydrolysis) is 1. The molecule has 0 unspecified atom stereocenters. The van der Waals surface area contributed by atoms with E-state index in [2.05, 4.69) is 10.3 Å². The van der Waals surface area contributed by atoms with Gasteiger partial charge in [-0.2, -0.15) is 4.39 Å². The molecule has 1 amide bonds. The van der Waals surface area contributed by atoms with Crippen LogP contribution in [0.1, 0.15) is 36.8 Å². The second-order valence-corrected chi connectivity index (χ2v) is 5.01. The fraction of sp³-hybridized carbons (Fsp3) is 0.462. The summed E-state index contributed by atoms with van der Waals surface area (Å²) >= 11 is 0. The number of amides is 1. The van der Waals surface area contributed by atoms with Crippen molar-refractivity contribution in [2.75, 3.05) is 6.54 Å². The number of rotatable bonds is 4. The first-order valence-electron chi connectivity index (χ1n) is 5.88. The topological polar surface area (TPSA) is 68.3 Å². The molecule has 19 heavy (non-hydrogen) atoms. The third-order valence-corrected chi connectivity index (χ3v) is 2.05. The molecule has 1 rings (SSSR count). The van der Waals surface area contributed by atoms with Crippen LogP contribution in [0.15, 0.2) is 12.1 Å². The molecule has 0 atom stereocenters. The average molecular weight is 268 g/mol. The Kier molecular flexibility index (Phi) is 4.97. The summed E-state index contributed by atoms with van der Waals surface area (Å²) in [6, 6.07) is 2.53. The van der Waals surface area contributed by atoms with E-state index in [0.29, 0.717) is 18.4 Å². The van der Waals surface area contributed by atoms with Gasteiger partial charge in [0, 0.05) is 30.3 Å². The van der Waals surface area contributed by atoms with E-state index in [1.54, 1.807) is 20.8 Å². The zero-order valence-electron chi connectivity index (χ0n) is 11.2. The van der Waals surface area contributed by atoms with Gasteiger partial charge in [-0.15, -0.1) is 0 Å². The zero-order chi connectivity index (χ0) is 14.5. The number of pyridine rings is 1. The third-order valence-electron chi connectivity index (χ3n) is 2.05. The van der Waals surface area contributed by atoms with Crippen molar-refractivity contribution >= 4 is 12.4 Å². The van der Waals surface area contributed by atoms with Crippen LogP contribution in [0.25, 0.3) is 0 Å². The van der Waals surface area contributed by atoms with Gasteiger partial charge in [0.2, 0.25) is 5.95 Å². The highest BCUT2D eigenvalue weighted by Crippen LogP contribution is 2.07. The van der Waals surface area contributed by atoms with Crippen molar-refractivity contribution in [3.63, 3.8) is 0 Å². The maximum atomic E-state index is 13.0. The largest absolute Gasteiger partial charge is 0.444 e. The predicted molar refractivity (Wildman–Crippen MR) is 67.5 cm³/mol. The highest BCUT2D eigenvalue weighted by atomic mass is 19.1. The van der Waals surface area contributed by atoms with Crippen LogP contribution in [0.2, 0.25) is 0 Å². The monoisotopic (exact) mass is 268 g/mol. The van der Waals surface area contributed by atoms with E-state index in [1.165, 1.54) is 6.07 Å². The van der Waals surface area contributed by atoms with E-state index in [-0.39, 0.29) is 12.1 Å². The van der Waals surface area contributed by atoms with Crippen molar-refractivity contribution in [1.82, 2.24) is 10.3 Å². The Morgan fingerprint density at radius 1 is 1.47 bits per heavy atom. The van der Waals surface area contributed by atoms with Gasteiger partial charge >= 0.3 is 6.09 Å². The van der Waals surface area contributed by atoms with Crippen LogP contribution in [0.5, 0.6) is 0 Å². The summed E-state index contributed by atoms with van der Waals surface area (Å²) in [4.78, 5) is 25.6. The van der Waals surface area contributed by atoms with E-state index < -0.39 is 17.6 Å². The molecule has 5 nitrogen and oxygen atoms in total. The molecule has 1 aromatic rings. The molecule has 0 saturated heterocycles. The lowest BCUT2D eigenvalue weighted by atomic mass is 10.2. The molecule has 0 bridgehead atoms. The Hall–Kier alpha value is -1.98. The van der Waals surface area contributed by atoms with Crippen molar-refractivity contribution in [2.24, 2.45) is 0 Å². The van der Waals surface area contributed by atoms with Gasteiger partial charge in [0.05, 0.1) is 0 Å². The number of nitrogens with one attached hydrogen (secondary N) is 1. The van der Waals surface area contributed by atoms with Crippen LogP contribution in [0.4, 0.5) is 9.18 Å². The predicted octanol–water partition coefficient (Wildman–Crippen LogP) is 2.10. The molecule has 0 aromatic carbocycles. The van der Waals surface area contributed by atoms with Crippen molar-refractivity contribution in [3.8, 4) is 0 Å². The number of aromatic nitrogens is 1. The summed E-state index contributed by atoms with van der Waals surface area (Å²) in [5, 5.41) is 2.53. The molecular formula is C13H17FN2O3. The number of ether oxygens (including phenoxy) is 1. The minimum Gasteiger partial charge on any atom is -0.444 e. The van der Waals surface area contributed by atoms with Crippen LogP contribution in [0.3, 0.4) is 0 Å². The quantitative estimate of drug-likeness (QED) is 0.670. The average Bonchev–Trinajstić information content (AvgIpc) is 2.25. The molecule has 104 valence electrons. The highest BCUT2D eigenvalue weighted by molar-refractivity contribution is 5.74. The van der Waals surface area contributed by atoms with Crippen LogP contribution >= 0.6 is 0 Å². The molecule has 6 heteroatoms. The zero-order valence-corrected chi connectivity index (χ0v) is 11.2. The number of hydrogen-bond acceptors (Lipinski definition) is 4. The Morgan fingerprint density at radius 3 is 2.74 bits per heavy atom. The van der Waals surface area contributed by atoms with E-state index in [1.807, 2.05) is 0 Å². The van der Waals surface area contributed by atoms with Crippen molar-refractivity contribution in [2.45, 2.75) is 32.8 Å². The van der Waals surface area contributed by atoms with Crippen LogP contribution in [-0.2, 0) is 11.2 Å². The fourth-order valence-electron chi connectivity index (χ4n) is 1.38. The minimum atomic E-state index is -0.711. The van der Waals surface area contributed by atoms with Gasteiger partial charge in [-0.1, -0.05) is 0 Å². The second-order valence-electron chi connectivity index (χ2n) is 5.01. The van der Waals surface area contributed by atoms with Crippen LogP contribution < -0.4 is 5.32 Å². The molecule has 1 heterocycles. The molecule has 0 aliphatic rings. The molecule has 1 N–H and O–H groups in total.